The topological polar surface area (TPSA) is 113 Å². The van der Waals surface area contributed by atoms with E-state index in [1.807, 2.05) is 0 Å². The zero-order chi connectivity index (χ0) is 22.4. The average molecular weight is 413 g/mol. The van der Waals surface area contributed by atoms with Gasteiger partial charge in [-0.1, -0.05) is 33.1 Å². The first-order valence-corrected chi connectivity index (χ1v) is 10.3. The predicted octanol–water partition coefficient (Wildman–Crippen LogP) is 2.35. The summed E-state index contributed by atoms with van der Waals surface area (Å²) in [5, 5.41) is 12.1. The first kappa shape index (κ1) is 24.9. The largest absolute Gasteiger partial charge is 0.481 e. The molecule has 1 rings (SSSR count). The van der Waals surface area contributed by atoms with Crippen LogP contribution < -0.4 is 5.32 Å². The number of nitrogens with zero attached hydrogens (tertiary/aromatic N) is 1. The molecule has 2 amide bonds. The van der Waals surface area contributed by atoms with Crippen molar-refractivity contribution in [3.05, 3.63) is 0 Å². The number of carboxylic acids is 1. The van der Waals surface area contributed by atoms with Crippen molar-refractivity contribution in [1.82, 2.24) is 10.2 Å². The first-order valence-electron chi connectivity index (χ1n) is 10.3. The highest BCUT2D eigenvalue weighted by Gasteiger charge is 2.39. The second kappa shape index (κ2) is 10.1. The lowest BCUT2D eigenvalue weighted by atomic mass is 9.71. The minimum Gasteiger partial charge on any atom is -0.481 e. The summed E-state index contributed by atoms with van der Waals surface area (Å²) in [6.07, 6.45) is 4.45. The molecule has 1 fully saturated rings. The molecule has 1 aliphatic carbocycles. The molecule has 0 aromatic rings. The van der Waals surface area contributed by atoms with Gasteiger partial charge in [0.25, 0.3) is 5.91 Å². The molecule has 2 N–H and O–H groups in total. The molecule has 1 saturated carbocycles. The molecule has 1 atom stereocenters. The Morgan fingerprint density at radius 2 is 1.66 bits per heavy atom. The maximum absolute atomic E-state index is 12.7. The van der Waals surface area contributed by atoms with Crippen LogP contribution in [0.15, 0.2) is 0 Å². The second-order valence-electron chi connectivity index (χ2n) is 9.03. The van der Waals surface area contributed by atoms with Crippen molar-refractivity contribution >= 4 is 23.8 Å². The van der Waals surface area contributed by atoms with Gasteiger partial charge in [-0.05, 0) is 39.0 Å². The third kappa shape index (κ3) is 7.01. The van der Waals surface area contributed by atoms with Gasteiger partial charge in [0, 0.05) is 19.5 Å². The van der Waals surface area contributed by atoms with E-state index in [4.69, 9.17) is 4.74 Å². The molecule has 0 radical (unpaired) electrons. The number of carbonyl (C=O) groups is 4. The Balaban J connectivity index is 2.73. The summed E-state index contributed by atoms with van der Waals surface area (Å²) in [5.74, 6) is -2.47. The number of hydrogen-bond acceptors (Lipinski definition) is 5. The van der Waals surface area contributed by atoms with Crippen LogP contribution in [0.25, 0.3) is 0 Å². The van der Waals surface area contributed by atoms with Gasteiger partial charge in [0.2, 0.25) is 5.91 Å². The molecule has 29 heavy (non-hydrogen) atoms. The van der Waals surface area contributed by atoms with E-state index in [-0.39, 0.29) is 24.8 Å². The summed E-state index contributed by atoms with van der Waals surface area (Å²) in [6, 6.07) is -0.825. The fourth-order valence-electron chi connectivity index (χ4n) is 3.66. The molecule has 0 heterocycles. The van der Waals surface area contributed by atoms with Gasteiger partial charge in [-0.3, -0.25) is 14.4 Å². The standard InChI is InChI=1S/C21H36N2O6/c1-14(2)17(26)23(6)15(3)18(27)29-20(4,5)19(28)22-13-21(12-16(24)25)10-8-7-9-11-21/h14-15H,7-13H2,1-6H3,(H,22,28)(H,24,25)/t15-/m0/s1. The van der Waals surface area contributed by atoms with Gasteiger partial charge in [0.05, 0.1) is 6.42 Å². The lowest BCUT2D eigenvalue weighted by Crippen LogP contribution is -2.52. The second-order valence-corrected chi connectivity index (χ2v) is 9.03. The van der Waals surface area contributed by atoms with E-state index in [0.29, 0.717) is 0 Å². The number of nitrogens with one attached hydrogen (secondary N) is 1. The molecule has 0 aromatic heterocycles. The van der Waals surface area contributed by atoms with Crippen LogP contribution in [-0.4, -0.2) is 59.0 Å². The average Bonchev–Trinajstić information content (AvgIpc) is 2.63. The molecule has 0 spiro atoms. The number of amides is 2. The van der Waals surface area contributed by atoms with E-state index < -0.39 is 34.9 Å². The first-order chi connectivity index (χ1) is 13.3. The number of carbonyl (C=O) groups excluding carboxylic acids is 3. The molecular formula is C21H36N2O6. The lowest BCUT2D eigenvalue weighted by Gasteiger charge is -2.37. The fourth-order valence-corrected chi connectivity index (χ4v) is 3.66. The third-order valence-electron chi connectivity index (χ3n) is 5.73. The maximum Gasteiger partial charge on any atom is 0.329 e. The van der Waals surface area contributed by atoms with Crippen molar-refractivity contribution in [2.75, 3.05) is 13.6 Å². The Kier molecular flexibility index (Phi) is 8.65. The van der Waals surface area contributed by atoms with Gasteiger partial charge >= 0.3 is 11.9 Å². The van der Waals surface area contributed by atoms with Crippen LogP contribution >= 0.6 is 0 Å². The van der Waals surface area contributed by atoms with Crippen molar-refractivity contribution in [2.24, 2.45) is 11.3 Å². The molecular weight excluding hydrogens is 376 g/mol. The molecule has 8 nitrogen and oxygen atoms in total. The summed E-state index contributed by atoms with van der Waals surface area (Å²) < 4.78 is 5.41. The minimum absolute atomic E-state index is 0.00659. The highest BCUT2D eigenvalue weighted by atomic mass is 16.6. The smallest absolute Gasteiger partial charge is 0.329 e. The number of hydrogen-bond donors (Lipinski definition) is 2. The Bertz CT molecular complexity index is 623. The summed E-state index contributed by atoms with van der Waals surface area (Å²) in [7, 11) is 1.53. The number of rotatable bonds is 9. The van der Waals surface area contributed by atoms with Crippen LogP contribution in [0.4, 0.5) is 0 Å². The molecule has 0 aromatic carbocycles. The van der Waals surface area contributed by atoms with Crippen molar-refractivity contribution < 1.29 is 29.0 Å². The normalized spacial score (nSPS) is 17.3. The Morgan fingerprint density at radius 1 is 1.10 bits per heavy atom. The Morgan fingerprint density at radius 3 is 2.14 bits per heavy atom. The fraction of sp³-hybridized carbons (Fsp3) is 0.810. The van der Waals surface area contributed by atoms with Crippen molar-refractivity contribution in [3.63, 3.8) is 0 Å². The van der Waals surface area contributed by atoms with Crippen LogP contribution in [-0.2, 0) is 23.9 Å². The third-order valence-corrected chi connectivity index (χ3v) is 5.73. The Hall–Kier alpha value is -2.12. The highest BCUT2D eigenvalue weighted by Crippen LogP contribution is 2.39. The van der Waals surface area contributed by atoms with Crippen molar-refractivity contribution in [2.45, 2.75) is 84.8 Å². The van der Waals surface area contributed by atoms with E-state index in [1.54, 1.807) is 20.8 Å². The molecule has 0 bridgehead atoms. The maximum atomic E-state index is 12.7. The van der Waals surface area contributed by atoms with Crippen molar-refractivity contribution in [1.29, 1.82) is 0 Å². The highest BCUT2D eigenvalue weighted by molar-refractivity contribution is 5.89. The minimum atomic E-state index is -1.44. The number of carboxylic acid groups (broad SMARTS) is 1. The molecule has 166 valence electrons. The van der Waals surface area contributed by atoms with Gasteiger partial charge in [-0.2, -0.15) is 0 Å². The van der Waals surface area contributed by atoms with Crippen molar-refractivity contribution in [3.8, 4) is 0 Å². The zero-order valence-corrected chi connectivity index (χ0v) is 18.5. The summed E-state index contributed by atoms with van der Waals surface area (Å²) in [4.78, 5) is 49.8. The van der Waals surface area contributed by atoms with Gasteiger partial charge in [-0.25, -0.2) is 4.79 Å². The van der Waals surface area contributed by atoms with E-state index in [2.05, 4.69) is 5.32 Å². The van der Waals surface area contributed by atoms with E-state index >= 15 is 0 Å². The molecule has 0 saturated heterocycles. The van der Waals surface area contributed by atoms with Gasteiger partial charge in [-0.15, -0.1) is 0 Å². The van der Waals surface area contributed by atoms with Crippen LogP contribution in [0.1, 0.15) is 73.1 Å². The summed E-state index contributed by atoms with van der Waals surface area (Å²) in [6.45, 7) is 8.25. The van der Waals surface area contributed by atoms with Crippen LogP contribution in [0, 0.1) is 11.3 Å². The van der Waals surface area contributed by atoms with Crippen LogP contribution in [0.3, 0.4) is 0 Å². The number of esters is 1. The van der Waals surface area contributed by atoms with Crippen LogP contribution in [0.2, 0.25) is 0 Å². The monoisotopic (exact) mass is 412 g/mol. The Labute approximate surface area is 173 Å². The molecule has 0 unspecified atom stereocenters. The lowest BCUT2D eigenvalue weighted by molar-refractivity contribution is -0.171. The summed E-state index contributed by atoms with van der Waals surface area (Å²) >= 11 is 0. The van der Waals surface area contributed by atoms with Crippen LogP contribution in [0.5, 0.6) is 0 Å². The SMILES string of the molecule is CC(C)C(=O)N(C)[C@@H](C)C(=O)OC(C)(C)C(=O)NCC1(CC(=O)O)CCCCC1. The van der Waals surface area contributed by atoms with Gasteiger partial charge < -0.3 is 20.1 Å². The van der Waals surface area contributed by atoms with E-state index in [0.717, 1.165) is 32.1 Å². The summed E-state index contributed by atoms with van der Waals surface area (Å²) in [5.41, 5.74) is -1.90. The molecule has 0 aliphatic heterocycles. The number of ether oxygens (including phenoxy) is 1. The van der Waals surface area contributed by atoms with E-state index in [1.165, 1.54) is 25.8 Å². The number of aliphatic carboxylic acids is 1. The molecule has 1 aliphatic rings. The molecule has 8 heteroatoms. The quantitative estimate of drug-likeness (QED) is 0.562. The number of likely N-dealkylation sites (N-methyl/N-ethyl adjacent to an activating group) is 1. The van der Waals surface area contributed by atoms with Gasteiger partial charge in [0.1, 0.15) is 6.04 Å². The zero-order valence-electron chi connectivity index (χ0n) is 18.5. The predicted molar refractivity (Wildman–Crippen MR) is 108 cm³/mol. The van der Waals surface area contributed by atoms with Gasteiger partial charge in [0.15, 0.2) is 5.60 Å². The van der Waals surface area contributed by atoms with E-state index in [9.17, 15) is 24.3 Å².